The Kier molecular flexibility index (Phi) is 8.38. The first-order valence-corrected chi connectivity index (χ1v) is 8.18. The second-order valence-corrected chi connectivity index (χ2v) is 6.29. The van der Waals surface area contributed by atoms with Gasteiger partial charge in [-0.05, 0) is 50.6 Å². The summed E-state index contributed by atoms with van der Waals surface area (Å²) in [5, 5.41) is 13.6. The van der Waals surface area contributed by atoms with Gasteiger partial charge in [0.05, 0.1) is 6.54 Å². The van der Waals surface area contributed by atoms with Crippen LogP contribution in [-0.2, 0) is 5.60 Å². The molecular formula is C17H28FIN4O. The van der Waals surface area contributed by atoms with Gasteiger partial charge in [0.25, 0.3) is 0 Å². The normalized spacial score (nSPS) is 21.2. The Morgan fingerprint density at radius 2 is 2.12 bits per heavy atom. The van der Waals surface area contributed by atoms with Gasteiger partial charge < -0.3 is 16.2 Å². The highest BCUT2D eigenvalue weighted by molar-refractivity contribution is 14.0. The number of likely N-dealkylation sites (tertiary alicyclic amines) is 1. The minimum atomic E-state index is -1.18. The van der Waals surface area contributed by atoms with Gasteiger partial charge in [-0.3, -0.25) is 9.89 Å². The maximum atomic E-state index is 13.0. The molecule has 2 unspecified atom stereocenters. The summed E-state index contributed by atoms with van der Waals surface area (Å²) in [4.78, 5) is 6.65. The van der Waals surface area contributed by atoms with Gasteiger partial charge in [0.2, 0.25) is 0 Å². The van der Waals surface area contributed by atoms with E-state index in [0.717, 1.165) is 19.6 Å². The number of aliphatic imine (C=N–C) groups is 1. The van der Waals surface area contributed by atoms with E-state index in [9.17, 15) is 9.50 Å². The van der Waals surface area contributed by atoms with Crippen LogP contribution in [-0.4, -0.2) is 48.2 Å². The Morgan fingerprint density at radius 3 is 2.75 bits per heavy atom. The fourth-order valence-corrected chi connectivity index (χ4v) is 2.96. The third kappa shape index (κ3) is 5.86. The van der Waals surface area contributed by atoms with Gasteiger partial charge in [-0.2, -0.15) is 0 Å². The van der Waals surface area contributed by atoms with E-state index < -0.39 is 5.60 Å². The number of likely N-dealkylation sites (N-methyl/N-ethyl adjacent to an activating group) is 1. The van der Waals surface area contributed by atoms with Crippen molar-refractivity contribution in [2.75, 3.05) is 26.2 Å². The number of nitrogens with two attached hydrogens (primary N) is 1. The summed E-state index contributed by atoms with van der Waals surface area (Å²) < 4.78 is 13.0. The number of hydrogen-bond donors (Lipinski definition) is 3. The first-order valence-electron chi connectivity index (χ1n) is 8.18. The Hall–Kier alpha value is -0.930. The standard InChI is InChI=1S/C17H27FN4O.HI/c1-3-22-10-4-5-15(22)11-20-16(19)21-12-17(2,23)13-6-8-14(18)9-7-13;/h6-9,15,23H,3-5,10-12H2,1-2H3,(H3,19,20,21);1H. The second kappa shape index (κ2) is 9.53. The number of halogens is 2. The van der Waals surface area contributed by atoms with E-state index in [4.69, 9.17) is 5.73 Å². The van der Waals surface area contributed by atoms with Crippen LogP contribution in [0.5, 0.6) is 0 Å². The largest absolute Gasteiger partial charge is 0.384 e. The SMILES string of the molecule is CCN1CCCC1CNC(N)=NCC(C)(O)c1ccc(F)cc1.I. The van der Waals surface area contributed by atoms with Crippen molar-refractivity contribution in [2.24, 2.45) is 10.7 Å². The van der Waals surface area contributed by atoms with E-state index in [1.54, 1.807) is 19.1 Å². The number of nitrogens with zero attached hydrogens (tertiary/aromatic N) is 2. The van der Waals surface area contributed by atoms with Crippen molar-refractivity contribution in [3.8, 4) is 0 Å². The molecule has 1 heterocycles. The maximum absolute atomic E-state index is 13.0. The minimum Gasteiger partial charge on any atom is -0.384 e. The molecule has 0 amide bonds. The van der Waals surface area contributed by atoms with Crippen LogP contribution < -0.4 is 11.1 Å². The minimum absolute atomic E-state index is 0. The van der Waals surface area contributed by atoms with Crippen molar-refractivity contribution in [1.29, 1.82) is 0 Å². The molecule has 7 heteroatoms. The molecule has 0 radical (unpaired) electrons. The Balaban J connectivity index is 0.00000288. The van der Waals surface area contributed by atoms with Gasteiger partial charge in [-0.15, -0.1) is 24.0 Å². The summed E-state index contributed by atoms with van der Waals surface area (Å²) in [6.07, 6.45) is 2.39. The average Bonchev–Trinajstić information content (AvgIpc) is 2.99. The molecule has 1 aromatic rings. The van der Waals surface area contributed by atoms with Crippen LogP contribution >= 0.6 is 24.0 Å². The number of guanidine groups is 1. The fourth-order valence-electron chi connectivity index (χ4n) is 2.96. The van der Waals surface area contributed by atoms with E-state index in [2.05, 4.69) is 22.1 Å². The fraction of sp³-hybridized carbons (Fsp3) is 0.588. The third-order valence-electron chi connectivity index (χ3n) is 4.45. The second-order valence-electron chi connectivity index (χ2n) is 6.29. The number of aliphatic hydroxyl groups is 1. The summed E-state index contributed by atoms with van der Waals surface area (Å²) in [5.74, 6) is 0.00149. The number of benzene rings is 1. The zero-order chi connectivity index (χ0) is 16.9. The molecule has 0 aliphatic carbocycles. The molecule has 136 valence electrons. The lowest BCUT2D eigenvalue weighted by molar-refractivity contribution is 0.0672. The zero-order valence-corrected chi connectivity index (χ0v) is 16.7. The van der Waals surface area contributed by atoms with Gasteiger partial charge >= 0.3 is 0 Å². The lowest BCUT2D eigenvalue weighted by Crippen LogP contribution is -2.43. The van der Waals surface area contributed by atoms with E-state index in [0.29, 0.717) is 17.6 Å². The van der Waals surface area contributed by atoms with Gasteiger partial charge in [-0.25, -0.2) is 4.39 Å². The molecule has 2 atom stereocenters. The van der Waals surface area contributed by atoms with E-state index >= 15 is 0 Å². The third-order valence-corrected chi connectivity index (χ3v) is 4.45. The highest BCUT2D eigenvalue weighted by atomic mass is 127. The summed E-state index contributed by atoms with van der Waals surface area (Å²) in [7, 11) is 0. The molecule has 1 aliphatic rings. The van der Waals surface area contributed by atoms with Crippen LogP contribution in [0.15, 0.2) is 29.3 Å². The van der Waals surface area contributed by atoms with Crippen LogP contribution in [0.1, 0.15) is 32.3 Å². The van der Waals surface area contributed by atoms with Crippen LogP contribution in [0, 0.1) is 5.82 Å². The number of hydrogen-bond acceptors (Lipinski definition) is 3. The van der Waals surface area contributed by atoms with Crippen molar-refractivity contribution in [2.45, 2.75) is 38.3 Å². The molecule has 1 aliphatic heterocycles. The zero-order valence-electron chi connectivity index (χ0n) is 14.3. The molecule has 4 N–H and O–H groups in total. The predicted octanol–water partition coefficient (Wildman–Crippen LogP) is 2.04. The molecule has 2 rings (SSSR count). The molecular weight excluding hydrogens is 422 g/mol. The van der Waals surface area contributed by atoms with Crippen molar-refractivity contribution in [1.82, 2.24) is 10.2 Å². The average molecular weight is 450 g/mol. The van der Waals surface area contributed by atoms with Crippen molar-refractivity contribution in [3.63, 3.8) is 0 Å². The lowest BCUT2D eigenvalue weighted by Gasteiger charge is -2.24. The molecule has 1 saturated heterocycles. The number of rotatable bonds is 6. The maximum Gasteiger partial charge on any atom is 0.188 e. The van der Waals surface area contributed by atoms with Crippen LogP contribution in [0.2, 0.25) is 0 Å². The monoisotopic (exact) mass is 450 g/mol. The van der Waals surface area contributed by atoms with Gasteiger partial charge in [0.1, 0.15) is 11.4 Å². The van der Waals surface area contributed by atoms with Gasteiger partial charge in [0, 0.05) is 12.6 Å². The smallest absolute Gasteiger partial charge is 0.188 e. The Labute approximate surface area is 160 Å². The van der Waals surface area contributed by atoms with E-state index in [1.807, 2.05) is 0 Å². The molecule has 24 heavy (non-hydrogen) atoms. The number of nitrogens with one attached hydrogen (secondary N) is 1. The molecule has 0 bridgehead atoms. The van der Waals surface area contributed by atoms with E-state index in [-0.39, 0.29) is 36.3 Å². The highest BCUT2D eigenvalue weighted by Gasteiger charge is 2.24. The molecule has 0 aromatic heterocycles. The lowest BCUT2D eigenvalue weighted by atomic mass is 9.96. The molecule has 5 nitrogen and oxygen atoms in total. The topological polar surface area (TPSA) is 73.9 Å². The highest BCUT2D eigenvalue weighted by Crippen LogP contribution is 2.21. The van der Waals surface area contributed by atoms with Gasteiger partial charge in [-0.1, -0.05) is 19.1 Å². The summed E-state index contributed by atoms with van der Waals surface area (Å²) in [6, 6.07) is 6.27. The quantitative estimate of drug-likeness (QED) is 0.353. The van der Waals surface area contributed by atoms with E-state index in [1.165, 1.54) is 25.0 Å². The predicted molar refractivity (Wildman–Crippen MR) is 106 cm³/mol. The first-order chi connectivity index (χ1) is 10.9. The summed E-state index contributed by atoms with van der Waals surface area (Å²) in [5.41, 5.74) is 5.33. The first kappa shape index (κ1) is 21.1. The van der Waals surface area contributed by atoms with Crippen molar-refractivity contribution >= 4 is 29.9 Å². The summed E-state index contributed by atoms with van der Waals surface area (Å²) >= 11 is 0. The molecule has 0 spiro atoms. The Morgan fingerprint density at radius 1 is 1.46 bits per heavy atom. The van der Waals surface area contributed by atoms with Crippen LogP contribution in [0.4, 0.5) is 4.39 Å². The Bertz CT molecular complexity index is 536. The van der Waals surface area contributed by atoms with Crippen LogP contribution in [0.25, 0.3) is 0 Å². The molecule has 1 fully saturated rings. The molecule has 0 saturated carbocycles. The van der Waals surface area contributed by atoms with Crippen molar-refractivity contribution in [3.05, 3.63) is 35.6 Å². The van der Waals surface area contributed by atoms with Gasteiger partial charge in [0.15, 0.2) is 5.96 Å². The van der Waals surface area contributed by atoms with Crippen molar-refractivity contribution < 1.29 is 9.50 Å². The molecule has 1 aromatic carbocycles. The summed E-state index contributed by atoms with van der Waals surface area (Å²) in [6.45, 7) is 6.88. The van der Waals surface area contributed by atoms with Crippen LogP contribution in [0.3, 0.4) is 0 Å².